The van der Waals surface area contributed by atoms with Crippen LogP contribution in [-0.4, -0.2) is 14.7 Å². The molecule has 0 amide bonds. The van der Waals surface area contributed by atoms with Crippen molar-refractivity contribution in [1.29, 1.82) is 0 Å². The maximum atomic E-state index is 13.3. The first kappa shape index (κ1) is 11.7. The van der Waals surface area contributed by atoms with E-state index in [1.807, 2.05) is 6.92 Å². The number of allylic oxidation sites excluding steroid dienone is 1. The molecule has 0 aliphatic heterocycles. The highest BCUT2D eigenvalue weighted by atomic mass is 32.2. The van der Waals surface area contributed by atoms with Gasteiger partial charge in [-0.05, 0) is 24.6 Å². The van der Waals surface area contributed by atoms with E-state index in [1.165, 1.54) is 12.1 Å². The summed E-state index contributed by atoms with van der Waals surface area (Å²) in [5.74, 6) is -0.587. The molecule has 1 rings (SSSR count). The van der Waals surface area contributed by atoms with Crippen LogP contribution in [0.3, 0.4) is 0 Å². The first-order valence-corrected chi connectivity index (χ1v) is 6.21. The van der Waals surface area contributed by atoms with E-state index in [4.69, 9.17) is 0 Å². The molecule has 0 unspecified atom stereocenters. The molecular weight excluding hydrogens is 217 g/mol. The van der Waals surface area contributed by atoms with Crippen molar-refractivity contribution in [3.63, 3.8) is 0 Å². The highest BCUT2D eigenvalue weighted by molar-refractivity contribution is 7.92. The van der Waals surface area contributed by atoms with Crippen molar-refractivity contribution in [3.8, 4) is 0 Å². The van der Waals surface area contributed by atoms with E-state index in [9.17, 15) is 12.8 Å². The molecule has 5 heteroatoms. The summed E-state index contributed by atoms with van der Waals surface area (Å²) in [5, 5.41) is 0. The van der Waals surface area contributed by atoms with Gasteiger partial charge in [0.2, 0.25) is 10.0 Å². The summed E-state index contributed by atoms with van der Waals surface area (Å²) >= 11 is 0. The predicted molar refractivity (Wildman–Crippen MR) is 59.6 cm³/mol. The molecule has 0 bridgehead atoms. The van der Waals surface area contributed by atoms with Gasteiger partial charge in [0.25, 0.3) is 0 Å². The fourth-order valence-corrected chi connectivity index (χ4v) is 1.67. The van der Waals surface area contributed by atoms with Crippen LogP contribution < -0.4 is 4.72 Å². The molecule has 0 atom stereocenters. The fourth-order valence-electron chi connectivity index (χ4n) is 1.11. The van der Waals surface area contributed by atoms with Crippen LogP contribution in [0, 0.1) is 5.82 Å². The average molecular weight is 229 g/mol. The van der Waals surface area contributed by atoms with Gasteiger partial charge in [-0.25, -0.2) is 12.8 Å². The van der Waals surface area contributed by atoms with Gasteiger partial charge in [0.15, 0.2) is 0 Å². The minimum absolute atomic E-state index is 0.0363. The van der Waals surface area contributed by atoms with E-state index in [-0.39, 0.29) is 5.69 Å². The number of hydrogen-bond donors (Lipinski definition) is 1. The maximum absolute atomic E-state index is 13.3. The van der Waals surface area contributed by atoms with E-state index < -0.39 is 15.8 Å². The maximum Gasteiger partial charge on any atom is 0.229 e. The van der Waals surface area contributed by atoms with Crippen LogP contribution in [-0.2, 0) is 10.0 Å². The molecule has 1 aromatic rings. The van der Waals surface area contributed by atoms with Gasteiger partial charge in [0, 0.05) is 0 Å². The van der Waals surface area contributed by atoms with E-state index in [1.54, 1.807) is 18.2 Å². The lowest BCUT2D eigenvalue weighted by atomic mass is 10.2. The standard InChI is InChI=1S/C10H12FNO2S/c1-3-4-8-5-6-10(9(11)7-8)12-15(2,13)14/h3-7,12H,1-2H3/b4-3+. The zero-order valence-electron chi connectivity index (χ0n) is 8.49. The van der Waals surface area contributed by atoms with E-state index in [0.29, 0.717) is 5.56 Å². The minimum Gasteiger partial charge on any atom is -0.281 e. The SMILES string of the molecule is C/C=C/c1ccc(NS(C)(=O)=O)c(F)c1. The summed E-state index contributed by atoms with van der Waals surface area (Å²) in [5.41, 5.74) is 0.653. The Bertz CT molecular complexity index is 480. The Morgan fingerprint density at radius 2 is 2.07 bits per heavy atom. The van der Waals surface area contributed by atoms with Crippen molar-refractivity contribution in [2.24, 2.45) is 0 Å². The van der Waals surface area contributed by atoms with Gasteiger partial charge in [-0.2, -0.15) is 0 Å². The Kier molecular flexibility index (Phi) is 3.47. The van der Waals surface area contributed by atoms with Crippen LogP contribution in [0.2, 0.25) is 0 Å². The Hall–Kier alpha value is -1.36. The Morgan fingerprint density at radius 3 is 2.53 bits per heavy atom. The number of rotatable bonds is 3. The van der Waals surface area contributed by atoms with Crippen LogP contribution in [0.5, 0.6) is 0 Å². The van der Waals surface area contributed by atoms with Crippen molar-refractivity contribution in [2.75, 3.05) is 11.0 Å². The first-order chi connectivity index (χ1) is 6.92. The Morgan fingerprint density at radius 1 is 1.40 bits per heavy atom. The number of halogens is 1. The molecule has 82 valence electrons. The summed E-state index contributed by atoms with van der Waals surface area (Å²) in [6.07, 6.45) is 4.48. The molecule has 1 N–H and O–H groups in total. The van der Waals surface area contributed by atoms with Gasteiger partial charge >= 0.3 is 0 Å². The topological polar surface area (TPSA) is 46.2 Å². The summed E-state index contributed by atoms with van der Waals surface area (Å²) in [4.78, 5) is 0. The monoisotopic (exact) mass is 229 g/mol. The van der Waals surface area contributed by atoms with Crippen molar-refractivity contribution in [3.05, 3.63) is 35.7 Å². The van der Waals surface area contributed by atoms with Crippen molar-refractivity contribution < 1.29 is 12.8 Å². The molecular formula is C10H12FNO2S. The highest BCUT2D eigenvalue weighted by Gasteiger charge is 2.07. The third-order valence-corrected chi connectivity index (χ3v) is 2.24. The molecule has 0 fully saturated rings. The normalized spacial score (nSPS) is 11.9. The molecule has 3 nitrogen and oxygen atoms in total. The van der Waals surface area contributed by atoms with Gasteiger partial charge < -0.3 is 0 Å². The molecule has 0 aliphatic carbocycles. The number of anilines is 1. The van der Waals surface area contributed by atoms with Crippen LogP contribution in [0.4, 0.5) is 10.1 Å². The van der Waals surface area contributed by atoms with Crippen LogP contribution in [0.25, 0.3) is 6.08 Å². The van der Waals surface area contributed by atoms with Crippen LogP contribution >= 0.6 is 0 Å². The molecule has 0 saturated heterocycles. The van der Waals surface area contributed by atoms with Gasteiger partial charge in [0.05, 0.1) is 11.9 Å². The first-order valence-electron chi connectivity index (χ1n) is 4.32. The molecule has 0 spiro atoms. The quantitative estimate of drug-likeness (QED) is 0.863. The summed E-state index contributed by atoms with van der Waals surface area (Å²) in [6.45, 7) is 1.82. The highest BCUT2D eigenvalue weighted by Crippen LogP contribution is 2.17. The average Bonchev–Trinajstić information content (AvgIpc) is 2.08. The second-order valence-corrected chi connectivity index (χ2v) is 4.86. The molecule has 15 heavy (non-hydrogen) atoms. The zero-order valence-corrected chi connectivity index (χ0v) is 9.31. The second-order valence-electron chi connectivity index (χ2n) is 3.11. The lowest BCUT2D eigenvalue weighted by Crippen LogP contribution is -2.10. The molecule has 1 aromatic carbocycles. The van der Waals surface area contributed by atoms with Gasteiger partial charge in [0.1, 0.15) is 5.82 Å². The van der Waals surface area contributed by atoms with Crippen molar-refractivity contribution >= 4 is 21.8 Å². The largest absolute Gasteiger partial charge is 0.281 e. The fraction of sp³-hybridized carbons (Fsp3) is 0.200. The third-order valence-electron chi connectivity index (χ3n) is 1.65. The minimum atomic E-state index is -3.43. The Balaban J connectivity index is 3.03. The lowest BCUT2D eigenvalue weighted by Gasteiger charge is -2.05. The molecule has 0 saturated carbocycles. The zero-order chi connectivity index (χ0) is 11.5. The summed E-state index contributed by atoms with van der Waals surface area (Å²) in [7, 11) is -3.43. The number of sulfonamides is 1. The Labute approximate surface area is 88.7 Å². The van der Waals surface area contributed by atoms with Gasteiger partial charge in [-0.3, -0.25) is 4.72 Å². The number of nitrogens with one attached hydrogen (secondary N) is 1. The van der Waals surface area contributed by atoms with Crippen molar-refractivity contribution in [2.45, 2.75) is 6.92 Å². The van der Waals surface area contributed by atoms with E-state index in [0.717, 1.165) is 6.26 Å². The third kappa shape index (κ3) is 3.71. The smallest absolute Gasteiger partial charge is 0.229 e. The number of benzene rings is 1. The van der Waals surface area contributed by atoms with E-state index in [2.05, 4.69) is 4.72 Å². The summed E-state index contributed by atoms with van der Waals surface area (Å²) in [6, 6.07) is 4.30. The van der Waals surface area contributed by atoms with Gasteiger partial charge in [-0.1, -0.05) is 18.2 Å². The van der Waals surface area contributed by atoms with E-state index >= 15 is 0 Å². The molecule has 0 heterocycles. The molecule has 0 radical (unpaired) electrons. The summed E-state index contributed by atoms with van der Waals surface area (Å²) < 4.78 is 37.2. The number of hydrogen-bond acceptors (Lipinski definition) is 2. The van der Waals surface area contributed by atoms with Crippen LogP contribution in [0.1, 0.15) is 12.5 Å². The predicted octanol–water partition coefficient (Wildman–Crippen LogP) is 2.23. The lowest BCUT2D eigenvalue weighted by molar-refractivity contribution is 0.603. The van der Waals surface area contributed by atoms with Gasteiger partial charge in [-0.15, -0.1) is 0 Å². The van der Waals surface area contributed by atoms with Crippen LogP contribution in [0.15, 0.2) is 24.3 Å². The molecule has 0 aromatic heterocycles. The molecule has 0 aliphatic rings. The second kappa shape index (κ2) is 4.44. The van der Waals surface area contributed by atoms with Crippen molar-refractivity contribution in [1.82, 2.24) is 0 Å².